The molecule has 116 valence electrons. The first-order valence-corrected chi connectivity index (χ1v) is 7.04. The van der Waals surface area contributed by atoms with E-state index in [2.05, 4.69) is 5.32 Å². The van der Waals surface area contributed by atoms with Crippen molar-refractivity contribution in [1.82, 2.24) is 5.32 Å². The molecule has 0 atom stereocenters. The molecule has 0 radical (unpaired) electrons. The molecule has 0 aliphatic heterocycles. The van der Waals surface area contributed by atoms with Gasteiger partial charge in [0.2, 0.25) is 0 Å². The molecule has 0 spiro atoms. The Kier molecular flexibility index (Phi) is 5.77. The van der Waals surface area contributed by atoms with Crippen molar-refractivity contribution >= 4 is 5.91 Å². The van der Waals surface area contributed by atoms with E-state index in [1.165, 1.54) is 24.3 Å². The van der Waals surface area contributed by atoms with Crippen molar-refractivity contribution in [3.05, 3.63) is 59.9 Å². The van der Waals surface area contributed by atoms with Crippen LogP contribution in [0.25, 0.3) is 0 Å². The third-order valence-corrected chi connectivity index (χ3v) is 2.91. The summed E-state index contributed by atoms with van der Waals surface area (Å²) in [6, 6.07) is 13.0. The van der Waals surface area contributed by atoms with Crippen LogP contribution < -0.4 is 14.8 Å². The van der Waals surface area contributed by atoms with Gasteiger partial charge in [-0.15, -0.1) is 0 Å². The predicted molar refractivity (Wildman–Crippen MR) is 81.4 cm³/mol. The maximum absolute atomic E-state index is 12.7. The molecule has 0 saturated carbocycles. The molecule has 0 aliphatic rings. The summed E-state index contributed by atoms with van der Waals surface area (Å²) < 4.78 is 23.3. The van der Waals surface area contributed by atoms with Crippen molar-refractivity contribution in [2.24, 2.45) is 0 Å². The zero-order valence-corrected chi connectivity index (χ0v) is 12.3. The van der Waals surface area contributed by atoms with E-state index >= 15 is 0 Å². The molecule has 2 rings (SSSR count). The Hall–Kier alpha value is -2.56. The number of hydrogen-bond donors (Lipinski definition) is 1. The maximum Gasteiger partial charge on any atom is 0.258 e. The molecule has 0 fully saturated rings. The minimum atomic E-state index is -0.340. The van der Waals surface area contributed by atoms with Crippen molar-refractivity contribution in [3.8, 4) is 11.5 Å². The molecule has 0 aromatic heterocycles. The fourth-order valence-electron chi connectivity index (χ4n) is 1.80. The fraction of sp³-hybridized carbons (Fsp3) is 0.235. The highest BCUT2D eigenvalue weighted by Crippen LogP contribution is 2.12. The number of carbonyl (C=O) groups excluding carboxylic acids is 1. The summed E-state index contributed by atoms with van der Waals surface area (Å²) in [7, 11) is 0. The monoisotopic (exact) mass is 303 g/mol. The number of ether oxygens (including phenoxy) is 2. The molecule has 0 heterocycles. The van der Waals surface area contributed by atoms with Crippen LogP contribution >= 0.6 is 0 Å². The second kappa shape index (κ2) is 8.02. The van der Waals surface area contributed by atoms with Crippen LogP contribution in [0.5, 0.6) is 11.5 Å². The van der Waals surface area contributed by atoms with Crippen LogP contribution in [0.4, 0.5) is 4.39 Å². The average Bonchev–Trinajstić information content (AvgIpc) is 2.54. The largest absolute Gasteiger partial charge is 0.494 e. The van der Waals surface area contributed by atoms with Crippen LogP contribution in [-0.2, 0) is 11.3 Å². The lowest BCUT2D eigenvalue weighted by Gasteiger charge is -2.08. The number of halogens is 1. The molecule has 1 N–H and O–H groups in total. The molecular weight excluding hydrogens is 285 g/mol. The van der Waals surface area contributed by atoms with Gasteiger partial charge in [0.1, 0.15) is 17.3 Å². The Morgan fingerprint density at radius 2 is 1.59 bits per heavy atom. The Morgan fingerprint density at radius 3 is 2.23 bits per heavy atom. The first kappa shape index (κ1) is 15.8. The van der Waals surface area contributed by atoms with E-state index in [1.54, 1.807) is 0 Å². The lowest BCUT2D eigenvalue weighted by molar-refractivity contribution is -0.123. The Morgan fingerprint density at radius 1 is 1.00 bits per heavy atom. The molecule has 0 saturated heterocycles. The Bertz CT molecular complexity index is 596. The minimum absolute atomic E-state index is 0.108. The second-order valence-electron chi connectivity index (χ2n) is 4.60. The normalized spacial score (nSPS) is 10.1. The van der Waals surface area contributed by atoms with Gasteiger partial charge < -0.3 is 14.8 Å². The van der Waals surface area contributed by atoms with E-state index in [1.807, 2.05) is 31.2 Å². The van der Waals surface area contributed by atoms with Gasteiger partial charge in [0.15, 0.2) is 6.61 Å². The van der Waals surface area contributed by atoms with Crippen LogP contribution in [0.1, 0.15) is 12.5 Å². The second-order valence-corrected chi connectivity index (χ2v) is 4.60. The third kappa shape index (κ3) is 5.09. The van der Waals surface area contributed by atoms with E-state index in [0.29, 0.717) is 18.9 Å². The summed E-state index contributed by atoms with van der Waals surface area (Å²) in [5, 5.41) is 2.75. The SMILES string of the molecule is CCOc1ccc(CNC(=O)COc2ccc(F)cc2)cc1. The summed E-state index contributed by atoms with van der Waals surface area (Å²) in [5.74, 6) is 0.681. The molecule has 5 heteroatoms. The number of nitrogens with one attached hydrogen (secondary N) is 1. The van der Waals surface area contributed by atoms with Crippen molar-refractivity contribution < 1.29 is 18.7 Å². The topological polar surface area (TPSA) is 47.6 Å². The molecule has 22 heavy (non-hydrogen) atoms. The van der Waals surface area contributed by atoms with Crippen LogP contribution in [-0.4, -0.2) is 19.1 Å². The molecule has 4 nitrogen and oxygen atoms in total. The highest BCUT2D eigenvalue weighted by atomic mass is 19.1. The van der Waals surface area contributed by atoms with E-state index < -0.39 is 0 Å². The van der Waals surface area contributed by atoms with Gasteiger partial charge in [-0.25, -0.2) is 4.39 Å². The third-order valence-electron chi connectivity index (χ3n) is 2.91. The van der Waals surface area contributed by atoms with Crippen molar-refractivity contribution in [2.45, 2.75) is 13.5 Å². The van der Waals surface area contributed by atoms with Crippen molar-refractivity contribution in [2.75, 3.05) is 13.2 Å². The van der Waals surface area contributed by atoms with Gasteiger partial charge in [0, 0.05) is 6.54 Å². The lowest BCUT2D eigenvalue weighted by Crippen LogP contribution is -2.28. The summed E-state index contributed by atoms with van der Waals surface area (Å²) in [6.07, 6.45) is 0. The average molecular weight is 303 g/mol. The Balaban J connectivity index is 1.74. The predicted octanol–water partition coefficient (Wildman–Crippen LogP) is 2.92. The van der Waals surface area contributed by atoms with E-state index in [-0.39, 0.29) is 18.3 Å². The molecular formula is C17H18FNO3. The molecule has 1 amide bonds. The van der Waals surface area contributed by atoms with Gasteiger partial charge in [-0.05, 0) is 48.9 Å². The smallest absolute Gasteiger partial charge is 0.258 e. The van der Waals surface area contributed by atoms with E-state index in [0.717, 1.165) is 11.3 Å². The number of hydrogen-bond acceptors (Lipinski definition) is 3. The minimum Gasteiger partial charge on any atom is -0.494 e. The molecule has 0 unspecified atom stereocenters. The summed E-state index contributed by atoms with van der Waals surface area (Å²) in [5.41, 5.74) is 0.971. The maximum atomic E-state index is 12.7. The summed E-state index contributed by atoms with van der Waals surface area (Å²) in [6.45, 7) is 2.85. The number of amides is 1. The zero-order chi connectivity index (χ0) is 15.8. The molecule has 2 aromatic carbocycles. The number of rotatable bonds is 7. The lowest BCUT2D eigenvalue weighted by atomic mass is 10.2. The van der Waals surface area contributed by atoms with Gasteiger partial charge in [-0.1, -0.05) is 12.1 Å². The van der Waals surface area contributed by atoms with Crippen LogP contribution in [0.15, 0.2) is 48.5 Å². The van der Waals surface area contributed by atoms with Crippen molar-refractivity contribution in [1.29, 1.82) is 0 Å². The van der Waals surface area contributed by atoms with Gasteiger partial charge in [0.05, 0.1) is 6.61 Å². The van der Waals surface area contributed by atoms with E-state index in [9.17, 15) is 9.18 Å². The van der Waals surface area contributed by atoms with Crippen LogP contribution in [0, 0.1) is 5.82 Å². The Labute approximate surface area is 128 Å². The quantitative estimate of drug-likeness (QED) is 0.855. The van der Waals surface area contributed by atoms with Gasteiger partial charge in [-0.2, -0.15) is 0 Å². The molecule has 0 aliphatic carbocycles. The fourth-order valence-corrected chi connectivity index (χ4v) is 1.80. The molecule has 2 aromatic rings. The van der Waals surface area contributed by atoms with Gasteiger partial charge >= 0.3 is 0 Å². The zero-order valence-electron chi connectivity index (χ0n) is 12.3. The summed E-state index contributed by atoms with van der Waals surface area (Å²) in [4.78, 5) is 11.7. The van der Waals surface area contributed by atoms with Gasteiger partial charge in [0.25, 0.3) is 5.91 Å². The highest BCUT2D eigenvalue weighted by Gasteiger charge is 2.03. The van der Waals surface area contributed by atoms with Crippen molar-refractivity contribution in [3.63, 3.8) is 0 Å². The highest BCUT2D eigenvalue weighted by molar-refractivity contribution is 5.77. The van der Waals surface area contributed by atoms with Crippen LogP contribution in [0.3, 0.4) is 0 Å². The van der Waals surface area contributed by atoms with Gasteiger partial charge in [-0.3, -0.25) is 4.79 Å². The first-order valence-electron chi connectivity index (χ1n) is 7.04. The summed E-state index contributed by atoms with van der Waals surface area (Å²) >= 11 is 0. The number of carbonyl (C=O) groups is 1. The molecule has 0 bridgehead atoms. The first-order chi connectivity index (χ1) is 10.7. The number of benzene rings is 2. The standard InChI is InChI=1S/C17H18FNO3/c1-2-21-15-7-3-13(4-8-15)11-19-17(20)12-22-16-9-5-14(18)6-10-16/h3-10H,2,11-12H2,1H3,(H,19,20). The van der Waals surface area contributed by atoms with E-state index in [4.69, 9.17) is 9.47 Å². The van der Waals surface area contributed by atoms with Crippen LogP contribution in [0.2, 0.25) is 0 Å².